The summed E-state index contributed by atoms with van der Waals surface area (Å²) in [6, 6.07) is 9.90. The molecule has 0 saturated carbocycles. The Morgan fingerprint density at radius 1 is 1.30 bits per heavy atom. The van der Waals surface area contributed by atoms with Gasteiger partial charge >= 0.3 is 0 Å². The SMILES string of the molecule is CCCn1ncnc1CC(CN)(CO)c1ccccc1. The first kappa shape index (κ1) is 14.7. The van der Waals surface area contributed by atoms with E-state index in [9.17, 15) is 5.11 Å². The Bertz CT molecular complexity index is 520. The molecule has 0 amide bonds. The Hall–Kier alpha value is -1.72. The number of nitrogens with two attached hydrogens (primary N) is 1. The van der Waals surface area contributed by atoms with Crippen molar-refractivity contribution in [3.63, 3.8) is 0 Å². The van der Waals surface area contributed by atoms with Crippen molar-refractivity contribution in [2.45, 2.75) is 31.7 Å². The minimum absolute atomic E-state index is 0.00744. The van der Waals surface area contributed by atoms with Crippen molar-refractivity contribution < 1.29 is 5.11 Å². The smallest absolute Gasteiger partial charge is 0.138 e. The predicted octanol–water partition coefficient (Wildman–Crippen LogP) is 1.12. The molecule has 0 spiro atoms. The molecule has 3 N–H and O–H groups in total. The van der Waals surface area contributed by atoms with E-state index in [1.54, 1.807) is 6.33 Å². The van der Waals surface area contributed by atoms with Gasteiger partial charge in [-0.15, -0.1) is 0 Å². The van der Waals surface area contributed by atoms with Crippen LogP contribution in [-0.4, -0.2) is 33.0 Å². The highest BCUT2D eigenvalue weighted by atomic mass is 16.3. The fraction of sp³-hybridized carbons (Fsp3) is 0.467. The molecule has 1 atom stereocenters. The maximum Gasteiger partial charge on any atom is 0.138 e. The molecule has 0 fully saturated rings. The lowest BCUT2D eigenvalue weighted by Gasteiger charge is -2.30. The summed E-state index contributed by atoms with van der Waals surface area (Å²) in [6.07, 6.45) is 3.15. The average Bonchev–Trinajstić information content (AvgIpc) is 2.93. The largest absolute Gasteiger partial charge is 0.395 e. The van der Waals surface area contributed by atoms with Crippen LogP contribution in [0.15, 0.2) is 36.7 Å². The summed E-state index contributed by atoms with van der Waals surface area (Å²) in [6.45, 7) is 3.29. The quantitative estimate of drug-likeness (QED) is 0.793. The zero-order valence-corrected chi connectivity index (χ0v) is 11.9. The highest BCUT2D eigenvalue weighted by Gasteiger charge is 2.32. The molecule has 1 aromatic carbocycles. The number of hydrogen-bond donors (Lipinski definition) is 2. The van der Waals surface area contributed by atoms with Gasteiger partial charge in [-0.3, -0.25) is 4.68 Å². The van der Waals surface area contributed by atoms with Crippen molar-refractivity contribution >= 4 is 0 Å². The number of rotatable bonds is 7. The number of hydrogen-bond acceptors (Lipinski definition) is 4. The first-order valence-electron chi connectivity index (χ1n) is 6.99. The summed E-state index contributed by atoms with van der Waals surface area (Å²) in [5, 5.41) is 14.1. The topological polar surface area (TPSA) is 77.0 Å². The van der Waals surface area contributed by atoms with E-state index in [1.165, 1.54) is 0 Å². The molecule has 0 aliphatic carbocycles. The minimum Gasteiger partial charge on any atom is -0.395 e. The molecule has 5 nitrogen and oxygen atoms in total. The lowest BCUT2D eigenvalue weighted by molar-refractivity contribution is 0.192. The van der Waals surface area contributed by atoms with E-state index in [4.69, 9.17) is 5.73 Å². The van der Waals surface area contributed by atoms with Gasteiger partial charge in [0.25, 0.3) is 0 Å². The average molecular weight is 274 g/mol. The molecule has 2 rings (SSSR count). The molecule has 1 aromatic heterocycles. The van der Waals surface area contributed by atoms with Crippen LogP contribution in [0, 0.1) is 0 Å². The molecule has 108 valence electrons. The van der Waals surface area contributed by atoms with Crippen LogP contribution in [0.4, 0.5) is 0 Å². The second-order valence-electron chi connectivity index (χ2n) is 5.08. The van der Waals surface area contributed by atoms with Crippen LogP contribution in [0.25, 0.3) is 0 Å². The third-order valence-corrected chi connectivity index (χ3v) is 3.71. The van der Waals surface area contributed by atoms with Crippen molar-refractivity contribution in [1.82, 2.24) is 14.8 Å². The van der Waals surface area contributed by atoms with E-state index in [2.05, 4.69) is 17.0 Å². The van der Waals surface area contributed by atoms with Crippen molar-refractivity contribution in [3.8, 4) is 0 Å². The first-order chi connectivity index (χ1) is 9.75. The van der Waals surface area contributed by atoms with E-state index in [-0.39, 0.29) is 6.61 Å². The lowest BCUT2D eigenvalue weighted by atomic mass is 9.78. The van der Waals surface area contributed by atoms with E-state index in [1.807, 2.05) is 35.0 Å². The third-order valence-electron chi connectivity index (χ3n) is 3.71. The lowest BCUT2D eigenvalue weighted by Crippen LogP contribution is -2.41. The van der Waals surface area contributed by atoms with E-state index in [0.29, 0.717) is 13.0 Å². The van der Waals surface area contributed by atoms with Crippen LogP contribution in [0.1, 0.15) is 24.7 Å². The molecule has 0 radical (unpaired) electrons. The number of aliphatic hydroxyl groups is 1. The highest BCUT2D eigenvalue weighted by molar-refractivity contribution is 5.27. The summed E-state index contributed by atoms with van der Waals surface area (Å²) in [7, 11) is 0. The van der Waals surface area contributed by atoms with Crippen LogP contribution in [0.5, 0.6) is 0 Å². The summed E-state index contributed by atoms with van der Waals surface area (Å²) in [5.74, 6) is 0.871. The summed E-state index contributed by atoms with van der Waals surface area (Å²) in [4.78, 5) is 4.33. The molecule has 0 aliphatic rings. The number of aryl methyl sites for hydroxylation is 1. The zero-order valence-electron chi connectivity index (χ0n) is 11.9. The van der Waals surface area contributed by atoms with Crippen molar-refractivity contribution in [3.05, 3.63) is 48.0 Å². The van der Waals surface area contributed by atoms with Gasteiger partial charge in [0, 0.05) is 24.9 Å². The Morgan fingerprint density at radius 3 is 2.65 bits per heavy atom. The number of aliphatic hydroxyl groups excluding tert-OH is 1. The van der Waals surface area contributed by atoms with E-state index < -0.39 is 5.41 Å². The molecule has 5 heteroatoms. The van der Waals surface area contributed by atoms with Gasteiger partial charge in [-0.05, 0) is 12.0 Å². The second-order valence-corrected chi connectivity index (χ2v) is 5.08. The number of nitrogens with zero attached hydrogens (tertiary/aromatic N) is 3. The molecule has 0 bridgehead atoms. The fourth-order valence-corrected chi connectivity index (χ4v) is 2.42. The van der Waals surface area contributed by atoms with Crippen molar-refractivity contribution in [1.29, 1.82) is 0 Å². The Balaban J connectivity index is 2.32. The van der Waals surface area contributed by atoms with Gasteiger partial charge in [-0.1, -0.05) is 37.3 Å². The van der Waals surface area contributed by atoms with Crippen LogP contribution >= 0.6 is 0 Å². The van der Waals surface area contributed by atoms with Gasteiger partial charge in [-0.25, -0.2) is 4.98 Å². The minimum atomic E-state index is -0.500. The summed E-state index contributed by atoms with van der Waals surface area (Å²) < 4.78 is 1.89. The monoisotopic (exact) mass is 274 g/mol. The molecule has 0 aliphatic heterocycles. The maximum absolute atomic E-state index is 9.91. The molecule has 1 unspecified atom stereocenters. The van der Waals surface area contributed by atoms with Crippen molar-refractivity contribution in [2.75, 3.05) is 13.2 Å². The Labute approximate surface area is 119 Å². The molecular formula is C15H22N4O. The van der Waals surface area contributed by atoms with Gasteiger partial charge in [-0.2, -0.15) is 5.10 Å². The van der Waals surface area contributed by atoms with E-state index in [0.717, 1.165) is 24.4 Å². The van der Waals surface area contributed by atoms with Crippen LogP contribution in [0.2, 0.25) is 0 Å². The standard InChI is InChI=1S/C15H22N4O/c1-2-8-19-14(17-12-18-19)9-15(10-16,11-20)13-6-4-3-5-7-13/h3-7,12,20H,2,8-11,16H2,1H3. The molecule has 2 aromatic rings. The molecular weight excluding hydrogens is 252 g/mol. The summed E-state index contributed by atoms with van der Waals surface area (Å²) in [5.41, 5.74) is 6.51. The van der Waals surface area contributed by atoms with Gasteiger partial charge in [0.15, 0.2) is 0 Å². The van der Waals surface area contributed by atoms with E-state index >= 15 is 0 Å². The zero-order chi connectivity index (χ0) is 14.4. The Morgan fingerprint density at radius 2 is 2.05 bits per heavy atom. The Kier molecular flexibility index (Phi) is 4.87. The van der Waals surface area contributed by atoms with Gasteiger partial charge in [0.2, 0.25) is 0 Å². The number of benzene rings is 1. The third kappa shape index (κ3) is 2.89. The molecule has 0 saturated heterocycles. The van der Waals surface area contributed by atoms with Crippen LogP contribution < -0.4 is 5.73 Å². The highest BCUT2D eigenvalue weighted by Crippen LogP contribution is 2.26. The molecule has 20 heavy (non-hydrogen) atoms. The number of aromatic nitrogens is 3. The van der Waals surface area contributed by atoms with Crippen LogP contribution in [0.3, 0.4) is 0 Å². The van der Waals surface area contributed by atoms with Gasteiger partial charge in [0.05, 0.1) is 6.61 Å². The van der Waals surface area contributed by atoms with Gasteiger partial charge in [0.1, 0.15) is 12.2 Å². The van der Waals surface area contributed by atoms with Crippen LogP contribution in [-0.2, 0) is 18.4 Å². The summed E-state index contributed by atoms with van der Waals surface area (Å²) >= 11 is 0. The maximum atomic E-state index is 9.91. The predicted molar refractivity (Wildman–Crippen MR) is 78.3 cm³/mol. The van der Waals surface area contributed by atoms with Gasteiger partial charge < -0.3 is 10.8 Å². The normalized spacial score (nSPS) is 14.2. The fourth-order valence-electron chi connectivity index (χ4n) is 2.42. The second kappa shape index (κ2) is 6.63. The molecule has 1 heterocycles. The van der Waals surface area contributed by atoms with Crippen molar-refractivity contribution in [2.24, 2.45) is 5.73 Å². The first-order valence-corrected chi connectivity index (χ1v) is 6.99.